The molecule has 138 valence electrons. The number of hydrogen-bond acceptors (Lipinski definition) is 5. The van der Waals surface area contributed by atoms with Crippen molar-refractivity contribution in [3.8, 4) is 5.75 Å². The van der Waals surface area contributed by atoms with Gasteiger partial charge in [-0.05, 0) is 35.8 Å². The van der Waals surface area contributed by atoms with Crippen LogP contribution in [0.2, 0.25) is 0 Å². The zero-order chi connectivity index (χ0) is 18.7. The highest BCUT2D eigenvalue weighted by atomic mass is 16.6. The lowest BCUT2D eigenvalue weighted by molar-refractivity contribution is -0.163. The molecule has 0 aliphatic carbocycles. The van der Waals surface area contributed by atoms with Gasteiger partial charge in [0, 0.05) is 11.8 Å². The molecule has 0 amide bonds. The third-order valence-corrected chi connectivity index (χ3v) is 5.08. The summed E-state index contributed by atoms with van der Waals surface area (Å²) in [5.41, 5.74) is 1.09. The van der Waals surface area contributed by atoms with Gasteiger partial charge in [-0.1, -0.05) is 44.2 Å². The Morgan fingerprint density at radius 3 is 2.65 bits per heavy atom. The lowest BCUT2D eigenvalue weighted by atomic mass is 9.86. The molecule has 1 N–H and O–H groups in total. The van der Waals surface area contributed by atoms with E-state index in [1.807, 2.05) is 37.3 Å². The molecule has 3 unspecified atom stereocenters. The summed E-state index contributed by atoms with van der Waals surface area (Å²) in [6, 6.07) is 11.3. The number of phenols is 1. The second-order valence-electron chi connectivity index (χ2n) is 6.84. The van der Waals surface area contributed by atoms with Crippen molar-refractivity contribution in [3.05, 3.63) is 42.0 Å². The second kappa shape index (κ2) is 7.77. The number of benzene rings is 2. The van der Waals surface area contributed by atoms with Crippen LogP contribution in [0, 0.1) is 5.92 Å². The Kier molecular flexibility index (Phi) is 5.45. The van der Waals surface area contributed by atoms with E-state index in [9.17, 15) is 14.7 Å². The maximum atomic E-state index is 12.5. The monoisotopic (exact) mass is 356 g/mol. The number of rotatable bonds is 6. The average Bonchev–Trinajstić information content (AvgIpc) is 3.04. The minimum atomic E-state index is -0.763. The highest BCUT2D eigenvalue weighted by Gasteiger charge is 2.33. The first kappa shape index (κ1) is 18.2. The van der Waals surface area contributed by atoms with Crippen molar-refractivity contribution < 1.29 is 24.2 Å². The Bertz CT molecular complexity index is 813. The van der Waals surface area contributed by atoms with Gasteiger partial charge in [0.15, 0.2) is 0 Å². The topological polar surface area (TPSA) is 72.8 Å². The Labute approximate surface area is 152 Å². The molecule has 2 aromatic rings. The molecule has 3 atom stereocenters. The zero-order valence-corrected chi connectivity index (χ0v) is 15.1. The summed E-state index contributed by atoms with van der Waals surface area (Å²) in [6.07, 6.45) is 0.924. The van der Waals surface area contributed by atoms with E-state index in [0.29, 0.717) is 25.9 Å². The number of esters is 2. The van der Waals surface area contributed by atoms with Crippen molar-refractivity contribution >= 4 is 22.7 Å². The van der Waals surface area contributed by atoms with Crippen LogP contribution in [0.1, 0.15) is 44.6 Å². The van der Waals surface area contributed by atoms with E-state index >= 15 is 0 Å². The van der Waals surface area contributed by atoms with Gasteiger partial charge in [-0.15, -0.1) is 0 Å². The average molecular weight is 356 g/mol. The third kappa shape index (κ3) is 3.66. The molecule has 1 aliphatic heterocycles. The number of phenolic OH excluding ortho intramolecular Hbond substituents is 1. The van der Waals surface area contributed by atoms with Crippen LogP contribution in [0.3, 0.4) is 0 Å². The SMILES string of the molecule is CCC(CC(C)c1ccc(O)c2ccccc12)C(=O)OC1CCOC1=O. The molecular formula is C21H24O5. The quantitative estimate of drug-likeness (QED) is 0.794. The fourth-order valence-corrected chi connectivity index (χ4v) is 3.54. The van der Waals surface area contributed by atoms with Crippen molar-refractivity contribution in [3.63, 3.8) is 0 Å². The fraction of sp³-hybridized carbons (Fsp3) is 0.429. The summed E-state index contributed by atoms with van der Waals surface area (Å²) in [6.45, 7) is 4.32. The zero-order valence-electron chi connectivity index (χ0n) is 15.1. The molecule has 0 bridgehead atoms. The van der Waals surface area contributed by atoms with Crippen molar-refractivity contribution in [1.82, 2.24) is 0 Å². The van der Waals surface area contributed by atoms with Crippen LogP contribution in [-0.2, 0) is 19.1 Å². The van der Waals surface area contributed by atoms with Crippen LogP contribution in [-0.4, -0.2) is 29.8 Å². The van der Waals surface area contributed by atoms with E-state index in [0.717, 1.165) is 16.3 Å². The van der Waals surface area contributed by atoms with E-state index in [4.69, 9.17) is 9.47 Å². The summed E-state index contributed by atoms with van der Waals surface area (Å²) >= 11 is 0. The maximum Gasteiger partial charge on any atom is 0.347 e. The van der Waals surface area contributed by atoms with Gasteiger partial charge in [0.1, 0.15) is 5.75 Å². The first-order valence-electron chi connectivity index (χ1n) is 9.09. The molecule has 0 spiro atoms. The van der Waals surface area contributed by atoms with Gasteiger partial charge in [-0.3, -0.25) is 4.79 Å². The molecule has 2 aromatic carbocycles. The minimum absolute atomic E-state index is 0.105. The minimum Gasteiger partial charge on any atom is -0.507 e. The third-order valence-electron chi connectivity index (χ3n) is 5.08. The number of ether oxygens (including phenoxy) is 2. The number of carbonyl (C=O) groups excluding carboxylic acids is 2. The van der Waals surface area contributed by atoms with Gasteiger partial charge < -0.3 is 14.6 Å². The fourth-order valence-electron chi connectivity index (χ4n) is 3.54. The number of fused-ring (bicyclic) bond motifs is 1. The highest BCUT2D eigenvalue weighted by molar-refractivity contribution is 5.91. The van der Waals surface area contributed by atoms with Crippen molar-refractivity contribution in [2.75, 3.05) is 6.61 Å². The Morgan fingerprint density at radius 1 is 1.27 bits per heavy atom. The van der Waals surface area contributed by atoms with E-state index in [-0.39, 0.29) is 23.6 Å². The lowest BCUT2D eigenvalue weighted by Gasteiger charge is -2.21. The van der Waals surface area contributed by atoms with Crippen molar-refractivity contribution in [2.45, 2.75) is 45.1 Å². The normalized spacial score (nSPS) is 19.2. The van der Waals surface area contributed by atoms with Gasteiger partial charge >= 0.3 is 11.9 Å². The van der Waals surface area contributed by atoms with Gasteiger partial charge in [0.2, 0.25) is 6.10 Å². The molecule has 0 radical (unpaired) electrons. The first-order valence-corrected chi connectivity index (χ1v) is 9.09. The summed E-state index contributed by atoms with van der Waals surface area (Å²) < 4.78 is 10.2. The van der Waals surface area contributed by atoms with E-state index in [2.05, 4.69) is 6.92 Å². The van der Waals surface area contributed by atoms with Gasteiger partial charge in [-0.25, -0.2) is 4.79 Å². The molecule has 5 nitrogen and oxygen atoms in total. The smallest absolute Gasteiger partial charge is 0.347 e. The summed E-state index contributed by atoms with van der Waals surface area (Å²) in [5, 5.41) is 11.9. The van der Waals surface area contributed by atoms with Crippen LogP contribution in [0.25, 0.3) is 10.8 Å². The van der Waals surface area contributed by atoms with E-state index in [1.54, 1.807) is 6.07 Å². The number of cyclic esters (lactones) is 1. The van der Waals surface area contributed by atoms with E-state index < -0.39 is 12.1 Å². The predicted molar refractivity (Wildman–Crippen MR) is 97.9 cm³/mol. The van der Waals surface area contributed by atoms with Gasteiger partial charge in [0.05, 0.1) is 12.5 Å². The van der Waals surface area contributed by atoms with Crippen molar-refractivity contribution in [1.29, 1.82) is 0 Å². The molecule has 26 heavy (non-hydrogen) atoms. The second-order valence-corrected chi connectivity index (χ2v) is 6.84. The largest absolute Gasteiger partial charge is 0.507 e. The maximum absolute atomic E-state index is 12.5. The molecule has 1 heterocycles. The molecule has 0 saturated carbocycles. The summed E-state index contributed by atoms with van der Waals surface area (Å²) in [7, 11) is 0. The number of hydrogen-bond donors (Lipinski definition) is 1. The van der Waals surface area contributed by atoms with Crippen LogP contribution in [0.15, 0.2) is 36.4 Å². The first-order chi connectivity index (χ1) is 12.5. The Balaban J connectivity index is 1.75. The lowest BCUT2D eigenvalue weighted by Crippen LogP contribution is -2.27. The molecule has 5 heteroatoms. The van der Waals surface area contributed by atoms with Crippen molar-refractivity contribution in [2.24, 2.45) is 5.92 Å². The summed E-state index contributed by atoms with van der Waals surface area (Å²) in [5.74, 6) is -0.723. The standard InChI is InChI=1S/C21H24O5/c1-3-14(20(23)26-19-10-11-25-21(19)24)12-13(2)15-8-9-18(22)17-7-5-4-6-16(15)17/h4-9,13-14,19,22H,3,10-12H2,1-2H3. The molecular weight excluding hydrogens is 332 g/mol. The molecule has 1 aliphatic rings. The van der Waals surface area contributed by atoms with Gasteiger partial charge in [0.25, 0.3) is 0 Å². The van der Waals surface area contributed by atoms with Crippen LogP contribution < -0.4 is 0 Å². The molecule has 3 rings (SSSR count). The van der Waals surface area contributed by atoms with Gasteiger partial charge in [-0.2, -0.15) is 0 Å². The van der Waals surface area contributed by atoms with Crippen LogP contribution in [0.4, 0.5) is 0 Å². The molecule has 0 aromatic heterocycles. The number of aromatic hydroxyl groups is 1. The Morgan fingerprint density at radius 2 is 2.00 bits per heavy atom. The van der Waals surface area contributed by atoms with Crippen LogP contribution in [0.5, 0.6) is 5.75 Å². The molecule has 1 fully saturated rings. The van der Waals surface area contributed by atoms with Crippen LogP contribution >= 0.6 is 0 Å². The Hall–Kier alpha value is -2.56. The highest BCUT2D eigenvalue weighted by Crippen LogP contribution is 2.35. The van der Waals surface area contributed by atoms with E-state index in [1.165, 1.54) is 0 Å². The predicted octanol–water partition coefficient (Wildman–Crippen LogP) is 3.92. The number of carbonyl (C=O) groups is 2. The summed E-state index contributed by atoms with van der Waals surface area (Å²) in [4.78, 5) is 24.0. The molecule has 1 saturated heterocycles.